The van der Waals surface area contributed by atoms with Crippen LogP contribution in [0.4, 0.5) is 0 Å². The summed E-state index contributed by atoms with van der Waals surface area (Å²) in [5.74, 6) is -0.462. The zero-order chi connectivity index (χ0) is 7.56. The molecule has 10 heavy (non-hydrogen) atoms. The molecule has 0 aliphatic carbocycles. The van der Waals surface area contributed by atoms with Crippen LogP contribution in [0.2, 0.25) is 0 Å². The molecule has 0 aromatic carbocycles. The first-order chi connectivity index (χ1) is 4.74. The van der Waals surface area contributed by atoms with Crippen molar-refractivity contribution in [1.82, 2.24) is 4.98 Å². The molecule has 0 saturated heterocycles. The molecule has 0 atom stereocenters. The number of thiazole rings is 1. The molecule has 1 amide bonds. The first kappa shape index (κ1) is 7.56. The summed E-state index contributed by atoms with van der Waals surface area (Å²) in [6.45, 7) is 0. The second-order valence-electron chi connectivity index (χ2n) is 1.57. The van der Waals surface area contributed by atoms with Crippen LogP contribution in [-0.2, 0) is 0 Å². The third kappa shape index (κ3) is 1.48. The second-order valence-corrected chi connectivity index (χ2v) is 3.48. The molecule has 0 aliphatic heterocycles. The SMILES string of the molecule is CSc1nc(C(N)=O)cs1. The predicted molar refractivity (Wildman–Crippen MR) is 42.4 cm³/mol. The van der Waals surface area contributed by atoms with Crippen molar-refractivity contribution in [1.29, 1.82) is 0 Å². The van der Waals surface area contributed by atoms with E-state index in [1.807, 2.05) is 6.26 Å². The Bertz CT molecular complexity index is 246. The van der Waals surface area contributed by atoms with Crippen LogP contribution in [0.25, 0.3) is 0 Å². The van der Waals surface area contributed by atoms with E-state index in [2.05, 4.69) is 4.98 Å². The number of hydrogen-bond acceptors (Lipinski definition) is 4. The van der Waals surface area contributed by atoms with Crippen molar-refractivity contribution in [3.05, 3.63) is 11.1 Å². The lowest BCUT2D eigenvalue weighted by Crippen LogP contribution is -2.10. The van der Waals surface area contributed by atoms with Crippen LogP contribution in [0.1, 0.15) is 10.5 Å². The minimum Gasteiger partial charge on any atom is -0.364 e. The third-order valence-corrected chi connectivity index (χ3v) is 2.77. The minimum absolute atomic E-state index is 0.356. The van der Waals surface area contributed by atoms with Crippen molar-refractivity contribution in [2.24, 2.45) is 5.73 Å². The van der Waals surface area contributed by atoms with Gasteiger partial charge >= 0.3 is 0 Å². The standard InChI is InChI=1S/C5H6N2OS2/c1-9-5-7-3(2-10-5)4(6)8/h2H,1H3,(H2,6,8). The Morgan fingerprint density at radius 1 is 1.90 bits per heavy atom. The molecule has 1 aromatic rings. The number of nitrogens with two attached hydrogens (primary N) is 1. The van der Waals surface area contributed by atoms with Crippen LogP contribution in [0.5, 0.6) is 0 Å². The first-order valence-corrected chi connectivity index (χ1v) is 4.64. The molecule has 0 saturated carbocycles. The highest BCUT2D eigenvalue weighted by Crippen LogP contribution is 2.18. The van der Waals surface area contributed by atoms with Gasteiger partial charge in [-0.2, -0.15) is 0 Å². The fourth-order valence-corrected chi connectivity index (χ4v) is 1.72. The van der Waals surface area contributed by atoms with Gasteiger partial charge < -0.3 is 5.73 Å². The molecular formula is C5H6N2OS2. The second kappa shape index (κ2) is 3.03. The maximum absolute atomic E-state index is 10.5. The molecule has 0 radical (unpaired) electrons. The Balaban J connectivity index is 2.88. The number of primary amides is 1. The summed E-state index contributed by atoms with van der Waals surface area (Å²) in [5.41, 5.74) is 5.33. The van der Waals surface area contributed by atoms with E-state index in [-0.39, 0.29) is 0 Å². The zero-order valence-corrected chi connectivity index (χ0v) is 6.96. The number of amides is 1. The molecule has 0 fully saturated rings. The van der Waals surface area contributed by atoms with Gasteiger partial charge in [0.2, 0.25) is 0 Å². The largest absolute Gasteiger partial charge is 0.364 e. The Labute approximate surface area is 66.6 Å². The maximum atomic E-state index is 10.5. The van der Waals surface area contributed by atoms with Gasteiger partial charge in [-0.15, -0.1) is 11.3 Å². The van der Waals surface area contributed by atoms with Crippen molar-refractivity contribution in [3.8, 4) is 0 Å². The molecule has 0 bridgehead atoms. The zero-order valence-electron chi connectivity index (χ0n) is 5.33. The smallest absolute Gasteiger partial charge is 0.268 e. The summed E-state index contributed by atoms with van der Waals surface area (Å²) >= 11 is 2.94. The highest BCUT2D eigenvalue weighted by Gasteiger charge is 2.04. The lowest BCUT2D eigenvalue weighted by Gasteiger charge is -1.83. The van der Waals surface area contributed by atoms with Gasteiger partial charge in [0.1, 0.15) is 10.0 Å². The molecule has 1 heterocycles. The Morgan fingerprint density at radius 3 is 2.90 bits per heavy atom. The summed E-state index contributed by atoms with van der Waals surface area (Å²) in [6, 6.07) is 0. The van der Waals surface area contributed by atoms with Crippen LogP contribution in [0, 0.1) is 0 Å². The van der Waals surface area contributed by atoms with Crippen LogP contribution < -0.4 is 5.73 Å². The molecule has 2 N–H and O–H groups in total. The number of aromatic nitrogens is 1. The fraction of sp³-hybridized carbons (Fsp3) is 0.200. The Morgan fingerprint density at radius 2 is 2.60 bits per heavy atom. The normalized spacial score (nSPS) is 9.70. The van der Waals surface area contributed by atoms with E-state index in [4.69, 9.17) is 5.73 Å². The van der Waals surface area contributed by atoms with E-state index in [0.717, 1.165) is 4.34 Å². The Kier molecular flexibility index (Phi) is 2.29. The summed E-state index contributed by atoms with van der Waals surface area (Å²) in [5, 5.41) is 1.66. The molecule has 1 aromatic heterocycles. The average molecular weight is 174 g/mol. The topological polar surface area (TPSA) is 56.0 Å². The molecular weight excluding hydrogens is 168 g/mol. The number of carbonyl (C=O) groups excluding carboxylic acids is 1. The quantitative estimate of drug-likeness (QED) is 0.679. The number of thioether (sulfide) groups is 1. The van der Waals surface area contributed by atoms with Crippen molar-refractivity contribution < 1.29 is 4.79 Å². The van der Waals surface area contributed by atoms with Gasteiger partial charge in [-0.25, -0.2) is 4.98 Å². The summed E-state index contributed by atoms with van der Waals surface area (Å²) in [6.07, 6.45) is 1.91. The lowest BCUT2D eigenvalue weighted by molar-refractivity contribution is 0.0996. The monoisotopic (exact) mass is 174 g/mol. The summed E-state index contributed by atoms with van der Waals surface area (Å²) in [4.78, 5) is 14.4. The predicted octanol–water partition coefficient (Wildman–Crippen LogP) is 0.964. The summed E-state index contributed by atoms with van der Waals surface area (Å²) in [7, 11) is 0. The van der Waals surface area contributed by atoms with E-state index in [9.17, 15) is 4.79 Å². The molecule has 0 spiro atoms. The van der Waals surface area contributed by atoms with E-state index in [0.29, 0.717) is 5.69 Å². The van der Waals surface area contributed by atoms with Crippen LogP contribution in [0.3, 0.4) is 0 Å². The molecule has 1 rings (SSSR count). The number of carbonyl (C=O) groups is 1. The fourth-order valence-electron chi connectivity index (χ4n) is 0.464. The van der Waals surface area contributed by atoms with Gasteiger partial charge in [0.25, 0.3) is 5.91 Å². The van der Waals surface area contributed by atoms with Gasteiger partial charge in [0.15, 0.2) is 0 Å². The first-order valence-electron chi connectivity index (χ1n) is 2.53. The third-order valence-electron chi connectivity index (χ3n) is 0.910. The highest BCUT2D eigenvalue weighted by atomic mass is 32.2. The molecule has 0 aliphatic rings. The van der Waals surface area contributed by atoms with Crippen molar-refractivity contribution in [2.75, 3.05) is 6.26 Å². The van der Waals surface area contributed by atoms with Crippen LogP contribution >= 0.6 is 23.1 Å². The van der Waals surface area contributed by atoms with Gasteiger partial charge in [-0.05, 0) is 6.26 Å². The van der Waals surface area contributed by atoms with Crippen molar-refractivity contribution in [3.63, 3.8) is 0 Å². The van der Waals surface area contributed by atoms with Gasteiger partial charge in [-0.3, -0.25) is 4.79 Å². The molecule has 0 unspecified atom stereocenters. The van der Waals surface area contributed by atoms with E-state index in [1.54, 1.807) is 5.38 Å². The van der Waals surface area contributed by atoms with Crippen LogP contribution in [-0.4, -0.2) is 17.1 Å². The summed E-state index contributed by atoms with van der Waals surface area (Å²) < 4.78 is 0.869. The number of rotatable bonds is 2. The maximum Gasteiger partial charge on any atom is 0.268 e. The van der Waals surface area contributed by atoms with Gasteiger partial charge in [0.05, 0.1) is 0 Å². The van der Waals surface area contributed by atoms with Crippen molar-refractivity contribution >= 4 is 29.0 Å². The molecule has 5 heteroatoms. The van der Waals surface area contributed by atoms with E-state index in [1.165, 1.54) is 23.1 Å². The molecule has 3 nitrogen and oxygen atoms in total. The highest BCUT2D eigenvalue weighted by molar-refractivity contribution is 8.00. The lowest BCUT2D eigenvalue weighted by atomic mass is 10.5. The van der Waals surface area contributed by atoms with Crippen LogP contribution in [0.15, 0.2) is 9.72 Å². The van der Waals surface area contributed by atoms with E-state index < -0.39 is 5.91 Å². The number of nitrogens with zero attached hydrogens (tertiary/aromatic N) is 1. The van der Waals surface area contributed by atoms with Gasteiger partial charge in [0, 0.05) is 5.38 Å². The Hall–Kier alpha value is -0.550. The van der Waals surface area contributed by atoms with E-state index >= 15 is 0 Å². The average Bonchev–Trinajstić information content (AvgIpc) is 2.34. The van der Waals surface area contributed by atoms with Crippen molar-refractivity contribution in [2.45, 2.75) is 4.34 Å². The number of hydrogen-bond donors (Lipinski definition) is 1. The van der Waals surface area contributed by atoms with Gasteiger partial charge in [-0.1, -0.05) is 11.8 Å². The molecule has 54 valence electrons. The minimum atomic E-state index is -0.462.